The Kier molecular flexibility index (Phi) is 73.7. The molecule has 0 aromatic carbocycles. The number of hydrogen-bond acceptors (Lipinski definition) is 15. The van der Waals surface area contributed by atoms with Gasteiger partial charge in [0.05, 0.1) is 26.4 Å². The molecule has 0 aliphatic rings. The second kappa shape index (κ2) is 76.9. The molecule has 104 heavy (non-hydrogen) atoms. The van der Waals surface area contributed by atoms with E-state index in [2.05, 4.69) is 137 Å². The minimum Gasteiger partial charge on any atom is -0.462 e. The molecular weight excluding hydrogens is 1350 g/mol. The Morgan fingerprint density at radius 2 is 0.500 bits per heavy atom. The van der Waals surface area contributed by atoms with Crippen molar-refractivity contribution in [1.82, 2.24) is 0 Å². The third-order valence-corrected chi connectivity index (χ3v) is 19.1. The largest absolute Gasteiger partial charge is 0.472 e. The Morgan fingerprint density at radius 3 is 0.808 bits per heavy atom. The van der Waals surface area contributed by atoms with Crippen molar-refractivity contribution in [3.8, 4) is 0 Å². The zero-order valence-corrected chi connectivity index (χ0v) is 67.5. The lowest BCUT2D eigenvalue weighted by Gasteiger charge is -2.21. The van der Waals surface area contributed by atoms with E-state index in [9.17, 15) is 43.2 Å². The van der Waals surface area contributed by atoms with Gasteiger partial charge in [0.2, 0.25) is 0 Å². The van der Waals surface area contributed by atoms with Crippen LogP contribution < -0.4 is 0 Å². The molecule has 0 aromatic heterocycles. The maximum Gasteiger partial charge on any atom is 0.472 e. The Labute approximate surface area is 632 Å². The van der Waals surface area contributed by atoms with E-state index in [1.807, 2.05) is 0 Å². The maximum atomic E-state index is 13.1. The van der Waals surface area contributed by atoms with E-state index < -0.39 is 97.5 Å². The van der Waals surface area contributed by atoms with Gasteiger partial charge < -0.3 is 33.8 Å². The minimum atomic E-state index is -4.99. The van der Waals surface area contributed by atoms with Crippen molar-refractivity contribution in [1.29, 1.82) is 0 Å². The molecule has 0 fully saturated rings. The molecule has 3 N–H and O–H groups in total. The standard InChI is InChI=1S/C85H148O17P2/c1-5-9-13-17-21-25-29-33-37-38-39-40-44-46-50-54-58-62-66-70-83(88)96-76-81(102-85(90)72-68-64-60-56-52-48-43-36-32-28-24-20-16-12-8-4)78-100-104(93,94)98-74-79(86)73-97-103(91,92)99-77-80(101-84(89)71-67-63-59-55-51-47-42-35-31-27-23-19-15-11-7-3)75-95-82(87)69-65-61-57-53-49-45-41-34-30-26-22-18-14-10-6-2/h9,13,21,24-25,28,33-37,39-43,46,50,79-81,86H,5-8,10-12,14-20,22-23,26-27,29-32,38,44-45,47-49,51-78H2,1-4H3,(H,91,92)(H,93,94)/b13-9-,25-21-,28-24-,37-33-,40-39-,41-34-,42-35-,43-36-,50-46-. The van der Waals surface area contributed by atoms with Gasteiger partial charge in [-0.05, 0) is 154 Å². The molecule has 0 saturated carbocycles. The lowest BCUT2D eigenvalue weighted by Crippen LogP contribution is -2.30. The number of rotatable bonds is 77. The number of aliphatic hydroxyl groups excluding tert-OH is 1. The minimum absolute atomic E-state index is 0.0699. The van der Waals surface area contributed by atoms with Gasteiger partial charge >= 0.3 is 39.5 Å². The number of phosphoric acid groups is 2. The smallest absolute Gasteiger partial charge is 0.462 e. The predicted molar refractivity (Wildman–Crippen MR) is 427 cm³/mol. The van der Waals surface area contributed by atoms with Crippen LogP contribution in [0.4, 0.5) is 0 Å². The average Bonchev–Trinajstić information content (AvgIpc) is 0.918. The fraction of sp³-hybridized carbons (Fsp3) is 0.741. The highest BCUT2D eigenvalue weighted by molar-refractivity contribution is 7.47. The van der Waals surface area contributed by atoms with Gasteiger partial charge in [-0.15, -0.1) is 0 Å². The van der Waals surface area contributed by atoms with Gasteiger partial charge in [0, 0.05) is 25.7 Å². The number of hydrogen-bond donors (Lipinski definition) is 3. The molecule has 5 atom stereocenters. The Morgan fingerprint density at radius 1 is 0.279 bits per heavy atom. The molecule has 19 heteroatoms. The molecule has 0 aromatic rings. The van der Waals surface area contributed by atoms with Crippen molar-refractivity contribution in [2.45, 2.75) is 367 Å². The molecule has 0 bridgehead atoms. The summed E-state index contributed by atoms with van der Waals surface area (Å²) in [5, 5.41) is 10.7. The second-order valence-corrected chi connectivity index (χ2v) is 30.2. The van der Waals surface area contributed by atoms with E-state index in [4.69, 9.17) is 37.0 Å². The maximum absolute atomic E-state index is 13.1. The molecule has 17 nitrogen and oxygen atoms in total. The van der Waals surface area contributed by atoms with Crippen LogP contribution in [0.1, 0.15) is 349 Å². The summed E-state index contributed by atoms with van der Waals surface area (Å²) in [6.45, 7) is 4.69. The van der Waals surface area contributed by atoms with E-state index in [1.54, 1.807) is 0 Å². The van der Waals surface area contributed by atoms with Gasteiger partial charge in [-0.3, -0.25) is 37.3 Å². The van der Waals surface area contributed by atoms with Crippen molar-refractivity contribution in [3.05, 3.63) is 109 Å². The van der Waals surface area contributed by atoms with Crippen LogP contribution in [0.2, 0.25) is 0 Å². The van der Waals surface area contributed by atoms with Crippen molar-refractivity contribution in [3.63, 3.8) is 0 Å². The topological polar surface area (TPSA) is 237 Å². The first-order chi connectivity index (χ1) is 50.7. The Bertz CT molecular complexity index is 2390. The molecule has 0 amide bonds. The summed E-state index contributed by atoms with van der Waals surface area (Å²) in [6, 6.07) is 0. The van der Waals surface area contributed by atoms with Crippen LogP contribution in [0, 0.1) is 0 Å². The number of unbranched alkanes of at least 4 members (excludes halogenated alkanes) is 33. The summed E-state index contributed by atoms with van der Waals surface area (Å²) in [6.07, 6.45) is 83.4. The normalized spacial score (nSPS) is 14.4. The van der Waals surface area contributed by atoms with Crippen LogP contribution in [0.25, 0.3) is 0 Å². The van der Waals surface area contributed by atoms with E-state index in [0.29, 0.717) is 25.7 Å². The summed E-state index contributed by atoms with van der Waals surface area (Å²) < 4.78 is 68.6. The molecular formula is C85H148O17P2. The lowest BCUT2D eigenvalue weighted by molar-refractivity contribution is -0.161. The fourth-order valence-electron chi connectivity index (χ4n) is 10.9. The fourth-order valence-corrected chi connectivity index (χ4v) is 12.5. The molecule has 5 unspecified atom stereocenters. The monoisotopic (exact) mass is 1500 g/mol. The third-order valence-electron chi connectivity index (χ3n) is 17.2. The SMILES string of the molecule is CC/C=C\C/C=C\C/C=C\C/C=C\C/C=C\CCCCCC(=O)OCC(COP(=O)(O)OCC(O)COP(=O)(O)OCC(COC(=O)CCCCCCC/C=C\CCCCCCCC)OC(=O)CCCCCCC/C=C\CCCCCCCC)OC(=O)CCCCCCC/C=C\C/C=C\CCCCC. The summed E-state index contributed by atoms with van der Waals surface area (Å²) in [4.78, 5) is 73.1. The third kappa shape index (κ3) is 75.9. The van der Waals surface area contributed by atoms with E-state index >= 15 is 0 Å². The van der Waals surface area contributed by atoms with Gasteiger partial charge in [-0.1, -0.05) is 278 Å². The first-order valence-corrected chi connectivity index (χ1v) is 44.1. The first-order valence-electron chi connectivity index (χ1n) is 41.1. The summed E-state index contributed by atoms with van der Waals surface area (Å²) in [5.74, 6) is -2.23. The van der Waals surface area contributed by atoms with Crippen LogP contribution in [0.15, 0.2) is 109 Å². The van der Waals surface area contributed by atoms with Gasteiger partial charge in [-0.2, -0.15) is 0 Å². The van der Waals surface area contributed by atoms with Crippen molar-refractivity contribution in [2.75, 3.05) is 39.6 Å². The van der Waals surface area contributed by atoms with Gasteiger partial charge in [0.25, 0.3) is 0 Å². The van der Waals surface area contributed by atoms with Crippen molar-refractivity contribution >= 4 is 39.5 Å². The van der Waals surface area contributed by atoms with Crippen molar-refractivity contribution in [2.24, 2.45) is 0 Å². The van der Waals surface area contributed by atoms with Gasteiger partial charge in [0.15, 0.2) is 12.2 Å². The second-order valence-electron chi connectivity index (χ2n) is 27.3. The number of carbonyl (C=O) groups excluding carboxylic acids is 4. The number of aliphatic hydroxyl groups is 1. The van der Waals surface area contributed by atoms with Crippen molar-refractivity contribution < 1.29 is 80.2 Å². The van der Waals surface area contributed by atoms with E-state index in [0.717, 1.165) is 173 Å². The lowest BCUT2D eigenvalue weighted by atomic mass is 10.1. The zero-order valence-electron chi connectivity index (χ0n) is 65.7. The van der Waals surface area contributed by atoms with Crippen LogP contribution in [0.5, 0.6) is 0 Å². The van der Waals surface area contributed by atoms with Gasteiger partial charge in [0.1, 0.15) is 19.3 Å². The van der Waals surface area contributed by atoms with Crippen LogP contribution in [-0.2, 0) is 65.4 Å². The molecule has 0 aliphatic heterocycles. The number of phosphoric ester groups is 2. The number of ether oxygens (including phenoxy) is 4. The predicted octanol–water partition coefficient (Wildman–Crippen LogP) is 24.1. The van der Waals surface area contributed by atoms with E-state index in [1.165, 1.54) is 96.3 Å². The quantitative estimate of drug-likeness (QED) is 0.0169. The zero-order chi connectivity index (χ0) is 76.0. The number of carbonyl (C=O) groups is 4. The first kappa shape index (κ1) is 99.7. The highest BCUT2D eigenvalue weighted by Crippen LogP contribution is 2.45. The average molecular weight is 1500 g/mol. The van der Waals surface area contributed by atoms with Gasteiger partial charge in [-0.25, -0.2) is 9.13 Å². The van der Waals surface area contributed by atoms with E-state index in [-0.39, 0.29) is 25.7 Å². The molecule has 600 valence electrons. The molecule has 0 saturated heterocycles. The molecule has 0 radical (unpaired) electrons. The Hall–Kier alpha value is -4.28. The van der Waals surface area contributed by atoms with Crippen LogP contribution in [-0.4, -0.2) is 96.7 Å². The molecule has 0 heterocycles. The summed E-state index contributed by atoms with van der Waals surface area (Å²) in [5.41, 5.74) is 0. The summed E-state index contributed by atoms with van der Waals surface area (Å²) in [7, 11) is -9.97. The number of esters is 4. The number of allylic oxidation sites excluding steroid dienone is 18. The molecule has 0 aliphatic carbocycles. The summed E-state index contributed by atoms with van der Waals surface area (Å²) >= 11 is 0. The Balaban J connectivity index is 5.40. The molecule has 0 rings (SSSR count). The molecule has 0 spiro atoms. The van der Waals surface area contributed by atoms with Crippen LogP contribution in [0.3, 0.4) is 0 Å². The highest BCUT2D eigenvalue weighted by atomic mass is 31.2. The highest BCUT2D eigenvalue weighted by Gasteiger charge is 2.30. The van der Waals surface area contributed by atoms with Crippen LogP contribution >= 0.6 is 15.6 Å².